The lowest BCUT2D eigenvalue weighted by Gasteiger charge is -2.26. The van der Waals surface area contributed by atoms with Gasteiger partial charge >= 0.3 is 0 Å². The minimum absolute atomic E-state index is 0.117. The molecule has 1 N–H and O–H groups in total. The number of piperidine rings is 1. The number of hydrogen-bond acceptors (Lipinski definition) is 3. The first-order valence-electron chi connectivity index (χ1n) is 8.40. The van der Waals surface area contributed by atoms with E-state index in [1.54, 1.807) is 16.9 Å². The Kier molecular flexibility index (Phi) is 5.08. The van der Waals surface area contributed by atoms with E-state index < -0.39 is 0 Å². The summed E-state index contributed by atoms with van der Waals surface area (Å²) < 4.78 is 1.69. The van der Waals surface area contributed by atoms with Crippen LogP contribution in [0.2, 0.25) is 0 Å². The second-order valence-electron chi connectivity index (χ2n) is 6.02. The first-order chi connectivity index (χ1) is 11.3. The summed E-state index contributed by atoms with van der Waals surface area (Å²) in [4.78, 5) is 14.8. The Balaban J connectivity index is 1.59. The summed E-state index contributed by atoms with van der Waals surface area (Å²) in [7, 11) is 0. The molecule has 2 aromatic rings. The van der Waals surface area contributed by atoms with E-state index in [1.165, 1.54) is 37.9 Å². The highest BCUT2D eigenvalue weighted by Gasteiger charge is 2.12. The molecule has 0 spiro atoms. The van der Waals surface area contributed by atoms with Gasteiger partial charge in [-0.15, -0.1) is 0 Å². The Morgan fingerprint density at radius 2 is 1.87 bits per heavy atom. The lowest BCUT2D eigenvalue weighted by atomic mass is 10.1. The van der Waals surface area contributed by atoms with Crippen LogP contribution in [-0.4, -0.2) is 33.7 Å². The molecule has 2 heterocycles. The zero-order valence-electron chi connectivity index (χ0n) is 13.7. The van der Waals surface area contributed by atoms with Crippen molar-refractivity contribution < 1.29 is 4.79 Å². The number of amides is 1. The predicted octanol–water partition coefficient (Wildman–Crippen LogP) is 3.14. The van der Waals surface area contributed by atoms with Gasteiger partial charge in [0.2, 0.25) is 0 Å². The minimum atomic E-state index is -0.117. The molecule has 1 amide bonds. The van der Waals surface area contributed by atoms with Crippen molar-refractivity contribution in [1.29, 1.82) is 0 Å². The molecule has 1 fully saturated rings. The van der Waals surface area contributed by atoms with Crippen LogP contribution in [0.15, 0.2) is 36.5 Å². The second-order valence-corrected chi connectivity index (χ2v) is 6.02. The number of nitrogens with zero attached hydrogens (tertiary/aromatic N) is 3. The molecule has 1 aromatic carbocycles. The van der Waals surface area contributed by atoms with E-state index in [9.17, 15) is 4.79 Å². The van der Waals surface area contributed by atoms with Crippen LogP contribution < -0.4 is 5.32 Å². The summed E-state index contributed by atoms with van der Waals surface area (Å²) in [5, 5.41) is 7.06. The Hall–Kier alpha value is -2.14. The summed E-state index contributed by atoms with van der Waals surface area (Å²) in [6.07, 6.45) is 5.62. The number of hydrogen-bond donors (Lipinski definition) is 1. The molecule has 3 rings (SSSR count). The second kappa shape index (κ2) is 7.42. The van der Waals surface area contributed by atoms with Crippen molar-refractivity contribution in [2.45, 2.75) is 39.3 Å². The van der Waals surface area contributed by atoms with Gasteiger partial charge in [0.05, 0.1) is 0 Å². The highest BCUT2D eigenvalue weighted by molar-refractivity contribution is 6.03. The molecule has 0 unspecified atom stereocenters. The Labute approximate surface area is 137 Å². The molecule has 0 atom stereocenters. The third kappa shape index (κ3) is 3.99. The molecule has 1 saturated heterocycles. The molecule has 5 heteroatoms. The van der Waals surface area contributed by atoms with Gasteiger partial charge in [0.25, 0.3) is 5.91 Å². The summed E-state index contributed by atoms with van der Waals surface area (Å²) in [5.74, 6) is -0.117. The smallest absolute Gasteiger partial charge is 0.273 e. The lowest BCUT2D eigenvalue weighted by molar-refractivity contribution is 0.101. The maximum atomic E-state index is 12.3. The zero-order valence-corrected chi connectivity index (χ0v) is 13.7. The maximum absolute atomic E-state index is 12.3. The van der Waals surface area contributed by atoms with E-state index in [0.29, 0.717) is 12.2 Å². The molecule has 1 aliphatic heterocycles. The number of nitrogens with one attached hydrogen (secondary N) is 1. The number of likely N-dealkylation sites (tertiary alicyclic amines) is 1. The van der Waals surface area contributed by atoms with Crippen molar-refractivity contribution in [3.8, 4) is 0 Å². The van der Waals surface area contributed by atoms with Gasteiger partial charge in [0.1, 0.15) is 5.69 Å². The van der Waals surface area contributed by atoms with E-state index in [0.717, 1.165) is 12.2 Å². The third-order valence-electron chi connectivity index (χ3n) is 4.32. The molecule has 0 saturated carbocycles. The average Bonchev–Trinajstić information content (AvgIpc) is 3.06. The van der Waals surface area contributed by atoms with Crippen LogP contribution in [0.5, 0.6) is 0 Å². The highest BCUT2D eigenvalue weighted by atomic mass is 16.2. The van der Waals surface area contributed by atoms with E-state index in [1.807, 2.05) is 19.1 Å². The summed E-state index contributed by atoms with van der Waals surface area (Å²) in [5.41, 5.74) is 2.70. The van der Waals surface area contributed by atoms with Crippen LogP contribution in [0.3, 0.4) is 0 Å². The monoisotopic (exact) mass is 312 g/mol. The van der Waals surface area contributed by atoms with Crippen LogP contribution in [0.4, 0.5) is 5.69 Å². The topological polar surface area (TPSA) is 50.2 Å². The van der Waals surface area contributed by atoms with E-state index in [4.69, 9.17) is 0 Å². The fourth-order valence-corrected chi connectivity index (χ4v) is 3.04. The number of anilines is 1. The molecule has 122 valence electrons. The maximum Gasteiger partial charge on any atom is 0.273 e. The van der Waals surface area contributed by atoms with Crippen molar-refractivity contribution in [3.05, 3.63) is 47.8 Å². The average molecular weight is 312 g/mol. The fourth-order valence-electron chi connectivity index (χ4n) is 3.04. The van der Waals surface area contributed by atoms with Crippen LogP contribution >= 0.6 is 0 Å². The molecule has 1 aliphatic rings. The van der Waals surface area contributed by atoms with E-state index in [-0.39, 0.29) is 5.91 Å². The number of benzene rings is 1. The SMILES string of the molecule is CCn1nccc1C(=O)Nc1ccc(CN2CCCCC2)cc1. The van der Waals surface area contributed by atoms with Gasteiger partial charge in [0, 0.05) is 25.0 Å². The minimum Gasteiger partial charge on any atom is -0.321 e. The van der Waals surface area contributed by atoms with E-state index >= 15 is 0 Å². The Morgan fingerprint density at radius 3 is 2.57 bits per heavy atom. The van der Waals surface area contributed by atoms with Crippen LogP contribution in [-0.2, 0) is 13.1 Å². The van der Waals surface area contributed by atoms with Crippen molar-refractivity contribution in [3.63, 3.8) is 0 Å². The van der Waals surface area contributed by atoms with Crippen molar-refractivity contribution in [2.75, 3.05) is 18.4 Å². The van der Waals surface area contributed by atoms with Crippen molar-refractivity contribution in [2.24, 2.45) is 0 Å². The van der Waals surface area contributed by atoms with Gasteiger partial charge in [-0.25, -0.2) is 0 Å². The van der Waals surface area contributed by atoms with E-state index in [2.05, 4.69) is 27.4 Å². The van der Waals surface area contributed by atoms with Gasteiger partial charge in [-0.1, -0.05) is 18.6 Å². The zero-order chi connectivity index (χ0) is 16.1. The Bertz CT molecular complexity index is 641. The summed E-state index contributed by atoms with van der Waals surface area (Å²) in [6, 6.07) is 9.89. The predicted molar refractivity (Wildman–Crippen MR) is 91.4 cm³/mol. The quantitative estimate of drug-likeness (QED) is 0.923. The van der Waals surface area contributed by atoms with Crippen molar-refractivity contribution in [1.82, 2.24) is 14.7 Å². The standard InChI is InChI=1S/C18H24N4O/c1-2-22-17(10-11-19-22)18(23)20-16-8-6-15(7-9-16)14-21-12-4-3-5-13-21/h6-11H,2-5,12-14H2,1H3,(H,20,23). The van der Waals surface area contributed by atoms with Crippen LogP contribution in [0.25, 0.3) is 0 Å². The summed E-state index contributed by atoms with van der Waals surface area (Å²) >= 11 is 0. The van der Waals surface area contributed by atoms with Gasteiger partial charge in [0.15, 0.2) is 0 Å². The number of carbonyl (C=O) groups excluding carboxylic acids is 1. The number of aryl methyl sites for hydroxylation is 1. The molecule has 0 radical (unpaired) electrons. The third-order valence-corrected chi connectivity index (χ3v) is 4.32. The summed E-state index contributed by atoms with van der Waals surface area (Å²) in [6.45, 7) is 6.04. The Morgan fingerprint density at radius 1 is 1.13 bits per heavy atom. The molecule has 5 nitrogen and oxygen atoms in total. The van der Waals surface area contributed by atoms with Gasteiger partial charge in [-0.3, -0.25) is 14.4 Å². The van der Waals surface area contributed by atoms with Gasteiger partial charge < -0.3 is 5.32 Å². The molecule has 1 aromatic heterocycles. The normalized spacial score (nSPS) is 15.5. The number of aromatic nitrogens is 2. The largest absolute Gasteiger partial charge is 0.321 e. The lowest BCUT2D eigenvalue weighted by Crippen LogP contribution is -2.29. The first kappa shape index (κ1) is 15.7. The number of rotatable bonds is 5. The molecule has 0 aliphatic carbocycles. The van der Waals surface area contributed by atoms with Gasteiger partial charge in [-0.2, -0.15) is 5.10 Å². The highest BCUT2D eigenvalue weighted by Crippen LogP contribution is 2.16. The van der Waals surface area contributed by atoms with Crippen molar-refractivity contribution >= 4 is 11.6 Å². The van der Waals surface area contributed by atoms with Crippen LogP contribution in [0.1, 0.15) is 42.2 Å². The van der Waals surface area contributed by atoms with Gasteiger partial charge in [-0.05, 0) is 56.6 Å². The first-order valence-corrected chi connectivity index (χ1v) is 8.40. The molecular formula is C18H24N4O. The fraction of sp³-hybridized carbons (Fsp3) is 0.444. The van der Waals surface area contributed by atoms with Crippen LogP contribution in [0, 0.1) is 0 Å². The molecule has 23 heavy (non-hydrogen) atoms. The molecule has 0 bridgehead atoms. The molecular weight excluding hydrogens is 288 g/mol. The number of carbonyl (C=O) groups is 1.